The molecule has 0 radical (unpaired) electrons. The molecule has 2 aromatic rings. The summed E-state index contributed by atoms with van der Waals surface area (Å²) in [6, 6.07) is 1.65. The van der Waals surface area contributed by atoms with Gasteiger partial charge in [-0.2, -0.15) is 5.10 Å². The Morgan fingerprint density at radius 3 is 3.00 bits per heavy atom. The first kappa shape index (κ1) is 15.3. The average Bonchev–Trinajstić information content (AvgIpc) is 3.32. The highest BCUT2D eigenvalue weighted by Crippen LogP contribution is 2.32. The number of ether oxygens (including phenoxy) is 1. The van der Waals surface area contributed by atoms with Crippen LogP contribution in [0.5, 0.6) is 0 Å². The van der Waals surface area contributed by atoms with Crippen molar-refractivity contribution in [3.05, 3.63) is 41.7 Å². The minimum absolute atomic E-state index is 0.0703. The zero-order valence-corrected chi connectivity index (χ0v) is 13.8. The topological polar surface area (TPSA) is 73.1 Å². The Balaban J connectivity index is 1.58. The van der Waals surface area contributed by atoms with Crippen molar-refractivity contribution in [3.63, 3.8) is 0 Å². The Labute approximate surface area is 140 Å². The Bertz CT molecular complexity index is 726. The van der Waals surface area contributed by atoms with Gasteiger partial charge in [0.25, 0.3) is 5.91 Å². The van der Waals surface area contributed by atoms with Gasteiger partial charge < -0.3 is 9.64 Å². The molecule has 0 bridgehead atoms. The summed E-state index contributed by atoms with van der Waals surface area (Å²) < 4.78 is 7.41. The van der Waals surface area contributed by atoms with E-state index in [0.717, 1.165) is 23.7 Å². The Hall–Kier alpha value is -2.28. The largest absolute Gasteiger partial charge is 0.384 e. The van der Waals surface area contributed by atoms with Crippen molar-refractivity contribution < 1.29 is 9.53 Å². The lowest BCUT2D eigenvalue weighted by Crippen LogP contribution is -2.39. The van der Waals surface area contributed by atoms with E-state index in [1.165, 1.54) is 19.2 Å². The van der Waals surface area contributed by atoms with Gasteiger partial charge in [-0.3, -0.25) is 9.48 Å². The van der Waals surface area contributed by atoms with E-state index in [2.05, 4.69) is 16.2 Å². The van der Waals surface area contributed by atoms with Crippen LogP contribution in [0.3, 0.4) is 0 Å². The van der Waals surface area contributed by atoms with Gasteiger partial charge in [-0.15, -0.1) is 0 Å². The predicted octanol–water partition coefficient (Wildman–Crippen LogP) is 1.47. The summed E-state index contributed by atoms with van der Waals surface area (Å²) in [5.41, 5.74) is 2.62. The molecule has 1 fully saturated rings. The van der Waals surface area contributed by atoms with Gasteiger partial charge in [-0.1, -0.05) is 0 Å². The molecule has 1 saturated carbocycles. The third-order valence-corrected chi connectivity index (χ3v) is 4.66. The molecule has 1 unspecified atom stereocenters. The molecule has 2 aliphatic rings. The second kappa shape index (κ2) is 6.32. The molecule has 0 saturated heterocycles. The molecule has 0 spiro atoms. The summed E-state index contributed by atoms with van der Waals surface area (Å²) in [6.45, 7) is 2.71. The lowest BCUT2D eigenvalue weighted by atomic mass is 9.97. The van der Waals surface area contributed by atoms with Crippen LogP contribution in [0.25, 0.3) is 0 Å². The van der Waals surface area contributed by atoms with E-state index in [1.807, 2.05) is 9.58 Å². The Morgan fingerprint density at radius 2 is 2.29 bits per heavy atom. The van der Waals surface area contributed by atoms with Gasteiger partial charge in [0.05, 0.1) is 12.3 Å². The second-order valence-electron chi connectivity index (χ2n) is 6.64. The fourth-order valence-electron chi connectivity index (χ4n) is 3.29. The quantitative estimate of drug-likeness (QED) is 0.831. The lowest BCUT2D eigenvalue weighted by molar-refractivity contribution is 0.0672. The maximum absolute atomic E-state index is 12.7. The van der Waals surface area contributed by atoms with Gasteiger partial charge in [-0.05, 0) is 24.8 Å². The van der Waals surface area contributed by atoms with E-state index in [1.54, 1.807) is 19.4 Å². The summed E-state index contributed by atoms with van der Waals surface area (Å²) in [6.07, 6.45) is 7.68. The fourth-order valence-corrected chi connectivity index (χ4v) is 3.29. The molecule has 1 atom stereocenters. The van der Waals surface area contributed by atoms with Gasteiger partial charge >= 0.3 is 0 Å². The highest BCUT2D eigenvalue weighted by atomic mass is 16.5. The molecule has 0 aromatic carbocycles. The van der Waals surface area contributed by atoms with Crippen molar-refractivity contribution in [2.75, 3.05) is 20.3 Å². The highest BCUT2D eigenvalue weighted by Gasteiger charge is 2.32. The predicted molar refractivity (Wildman–Crippen MR) is 86.3 cm³/mol. The van der Waals surface area contributed by atoms with Crippen molar-refractivity contribution in [1.82, 2.24) is 24.6 Å². The zero-order chi connectivity index (χ0) is 16.5. The van der Waals surface area contributed by atoms with Crippen LogP contribution in [0, 0.1) is 5.92 Å². The average molecular weight is 327 g/mol. The summed E-state index contributed by atoms with van der Waals surface area (Å²) in [4.78, 5) is 22.5. The highest BCUT2D eigenvalue weighted by molar-refractivity contribution is 5.92. The maximum atomic E-state index is 12.7. The van der Waals surface area contributed by atoms with Gasteiger partial charge in [0.1, 0.15) is 12.0 Å². The Kier molecular flexibility index (Phi) is 4.02. The molecular formula is C17H21N5O2. The van der Waals surface area contributed by atoms with E-state index in [-0.39, 0.29) is 11.8 Å². The van der Waals surface area contributed by atoms with Gasteiger partial charge in [0.15, 0.2) is 0 Å². The first-order chi connectivity index (χ1) is 11.7. The number of carbonyl (C=O) groups excluding carboxylic acids is 1. The van der Waals surface area contributed by atoms with Crippen LogP contribution in [-0.4, -0.2) is 50.8 Å². The number of hydrogen-bond acceptors (Lipinski definition) is 5. The number of carbonyl (C=O) groups is 1. The second-order valence-corrected chi connectivity index (χ2v) is 6.64. The third-order valence-electron chi connectivity index (χ3n) is 4.66. The van der Waals surface area contributed by atoms with Crippen LogP contribution in [0.2, 0.25) is 0 Å². The number of aromatic nitrogens is 4. The molecule has 7 nitrogen and oxygen atoms in total. The van der Waals surface area contributed by atoms with Crippen LogP contribution in [0.15, 0.2) is 24.8 Å². The lowest BCUT2D eigenvalue weighted by Gasteiger charge is -2.31. The van der Waals surface area contributed by atoms with E-state index >= 15 is 0 Å². The molecule has 1 aliphatic carbocycles. The number of methoxy groups -OCH3 is 1. The van der Waals surface area contributed by atoms with Crippen molar-refractivity contribution in [3.8, 4) is 0 Å². The van der Waals surface area contributed by atoms with Crippen LogP contribution < -0.4 is 0 Å². The minimum Gasteiger partial charge on any atom is -0.384 e. The molecule has 4 rings (SSSR count). The molecule has 2 aromatic heterocycles. The first-order valence-corrected chi connectivity index (χ1v) is 8.35. The van der Waals surface area contributed by atoms with E-state index in [0.29, 0.717) is 25.4 Å². The molecule has 1 amide bonds. The standard InChI is InChI=1S/C17H21N5O2/c1-24-10-14-8-21(17(23)15-4-5-18-11-19-15)7-13-9-22(20-16(13)14)6-12-2-3-12/h4-5,9,11-12,14H,2-3,6-8,10H2,1H3. The summed E-state index contributed by atoms with van der Waals surface area (Å²) >= 11 is 0. The Morgan fingerprint density at radius 1 is 1.42 bits per heavy atom. The fraction of sp³-hybridized carbons (Fsp3) is 0.529. The van der Waals surface area contributed by atoms with Crippen molar-refractivity contribution in [2.45, 2.75) is 31.8 Å². The summed E-state index contributed by atoms with van der Waals surface area (Å²) in [5, 5.41) is 4.77. The zero-order valence-electron chi connectivity index (χ0n) is 13.8. The molecule has 24 heavy (non-hydrogen) atoms. The summed E-state index contributed by atoms with van der Waals surface area (Å²) in [7, 11) is 1.69. The normalized spacial score (nSPS) is 20.0. The maximum Gasteiger partial charge on any atom is 0.272 e. The van der Waals surface area contributed by atoms with Crippen LogP contribution in [0.1, 0.15) is 40.5 Å². The molecule has 3 heterocycles. The number of rotatable bonds is 5. The number of amides is 1. The molecule has 1 aliphatic heterocycles. The molecule has 0 N–H and O–H groups in total. The molecular weight excluding hydrogens is 306 g/mol. The molecule has 7 heteroatoms. The smallest absolute Gasteiger partial charge is 0.272 e. The first-order valence-electron chi connectivity index (χ1n) is 8.35. The van der Waals surface area contributed by atoms with Gasteiger partial charge in [0.2, 0.25) is 0 Å². The van der Waals surface area contributed by atoms with Crippen molar-refractivity contribution in [1.29, 1.82) is 0 Å². The number of hydrogen-bond donors (Lipinski definition) is 0. The van der Waals surface area contributed by atoms with Gasteiger partial charge in [0, 0.05) is 50.6 Å². The number of nitrogens with zero attached hydrogens (tertiary/aromatic N) is 5. The SMILES string of the molecule is COCC1CN(C(=O)c2ccncn2)Cc2cn(CC3CC3)nc21. The summed E-state index contributed by atoms with van der Waals surface area (Å²) in [5.74, 6) is 0.801. The van der Waals surface area contributed by atoms with E-state index < -0.39 is 0 Å². The number of fused-ring (bicyclic) bond motifs is 1. The van der Waals surface area contributed by atoms with Crippen LogP contribution in [-0.2, 0) is 17.8 Å². The molecule has 126 valence electrons. The van der Waals surface area contributed by atoms with Crippen LogP contribution >= 0.6 is 0 Å². The van der Waals surface area contributed by atoms with E-state index in [9.17, 15) is 4.79 Å². The van der Waals surface area contributed by atoms with Crippen molar-refractivity contribution >= 4 is 5.91 Å². The van der Waals surface area contributed by atoms with Crippen LogP contribution in [0.4, 0.5) is 0 Å². The monoisotopic (exact) mass is 327 g/mol. The van der Waals surface area contributed by atoms with Crippen molar-refractivity contribution in [2.24, 2.45) is 5.92 Å². The minimum atomic E-state index is -0.0703. The van der Waals surface area contributed by atoms with Gasteiger partial charge in [-0.25, -0.2) is 9.97 Å². The third kappa shape index (κ3) is 3.03. The van der Waals surface area contributed by atoms with E-state index in [4.69, 9.17) is 9.84 Å².